The summed E-state index contributed by atoms with van der Waals surface area (Å²) < 4.78 is 5.38. The predicted molar refractivity (Wildman–Crippen MR) is 66.9 cm³/mol. The molecule has 0 N–H and O–H groups in total. The fourth-order valence-corrected chi connectivity index (χ4v) is 3.24. The van der Waals surface area contributed by atoms with Crippen LogP contribution in [0.3, 0.4) is 0 Å². The fourth-order valence-electron chi connectivity index (χ4n) is 2.47. The summed E-state index contributed by atoms with van der Waals surface area (Å²) in [5.74, 6) is 2.16. The second kappa shape index (κ2) is 6.98. The first-order valence-corrected chi connectivity index (χ1v) is 7.03. The van der Waals surface area contributed by atoms with Crippen molar-refractivity contribution in [2.75, 3.05) is 25.0 Å². The van der Waals surface area contributed by atoms with Gasteiger partial charge in [-0.3, -0.25) is 0 Å². The van der Waals surface area contributed by atoms with Crippen molar-refractivity contribution in [1.29, 1.82) is 0 Å². The van der Waals surface area contributed by atoms with Crippen LogP contribution >= 0.6 is 23.2 Å². The molecule has 0 atom stereocenters. The molecule has 1 rings (SSSR count). The van der Waals surface area contributed by atoms with Crippen molar-refractivity contribution < 1.29 is 4.74 Å². The van der Waals surface area contributed by atoms with E-state index in [1.165, 1.54) is 25.7 Å². The molecule has 0 amide bonds. The number of hydrogen-bond donors (Lipinski definition) is 0. The molecular formula is C12H22Cl2O. The third-order valence-corrected chi connectivity index (χ3v) is 4.54. The molecule has 1 aliphatic rings. The molecule has 90 valence electrons. The molecule has 1 fully saturated rings. The molecule has 0 aromatic rings. The minimum atomic E-state index is 0.167. The van der Waals surface area contributed by atoms with Crippen LogP contribution in [0.15, 0.2) is 0 Å². The lowest BCUT2D eigenvalue weighted by molar-refractivity contribution is 0.0509. The maximum Gasteiger partial charge on any atom is 0.0468 e. The van der Waals surface area contributed by atoms with Gasteiger partial charge < -0.3 is 4.74 Å². The summed E-state index contributed by atoms with van der Waals surface area (Å²) in [6.07, 6.45) is 5.86. The molecule has 1 aliphatic heterocycles. The average molecular weight is 253 g/mol. The maximum absolute atomic E-state index is 6.11. The van der Waals surface area contributed by atoms with Crippen molar-refractivity contribution in [2.24, 2.45) is 11.3 Å². The van der Waals surface area contributed by atoms with E-state index in [1.54, 1.807) is 0 Å². The molecule has 0 aromatic carbocycles. The molecule has 0 radical (unpaired) electrons. The van der Waals surface area contributed by atoms with Gasteiger partial charge >= 0.3 is 0 Å². The highest BCUT2D eigenvalue weighted by atomic mass is 35.5. The van der Waals surface area contributed by atoms with Crippen LogP contribution in [-0.4, -0.2) is 25.0 Å². The smallest absolute Gasteiger partial charge is 0.0468 e. The van der Waals surface area contributed by atoms with E-state index in [0.29, 0.717) is 11.8 Å². The summed E-state index contributed by atoms with van der Waals surface area (Å²) in [4.78, 5) is 0. The average Bonchev–Trinajstić information content (AvgIpc) is 2.30. The van der Waals surface area contributed by atoms with Crippen molar-refractivity contribution >= 4 is 23.2 Å². The van der Waals surface area contributed by atoms with Crippen molar-refractivity contribution in [2.45, 2.75) is 39.0 Å². The van der Waals surface area contributed by atoms with E-state index in [9.17, 15) is 0 Å². The van der Waals surface area contributed by atoms with Gasteiger partial charge in [0, 0.05) is 25.0 Å². The molecule has 0 bridgehead atoms. The second-order valence-corrected chi connectivity index (χ2v) is 5.31. The first-order valence-electron chi connectivity index (χ1n) is 5.96. The van der Waals surface area contributed by atoms with Gasteiger partial charge in [-0.1, -0.05) is 13.3 Å². The van der Waals surface area contributed by atoms with Gasteiger partial charge in [-0.05, 0) is 37.0 Å². The minimum absolute atomic E-state index is 0.167. The van der Waals surface area contributed by atoms with E-state index in [2.05, 4.69) is 6.92 Å². The minimum Gasteiger partial charge on any atom is -0.381 e. The van der Waals surface area contributed by atoms with Gasteiger partial charge in [-0.25, -0.2) is 0 Å². The van der Waals surface area contributed by atoms with Gasteiger partial charge in [-0.2, -0.15) is 0 Å². The van der Waals surface area contributed by atoms with E-state index in [-0.39, 0.29) is 5.41 Å². The van der Waals surface area contributed by atoms with Crippen LogP contribution < -0.4 is 0 Å². The molecule has 0 unspecified atom stereocenters. The lowest BCUT2D eigenvalue weighted by Gasteiger charge is -2.35. The topological polar surface area (TPSA) is 9.23 Å². The lowest BCUT2D eigenvalue weighted by atomic mass is 9.76. The van der Waals surface area contributed by atoms with E-state index in [4.69, 9.17) is 27.9 Å². The molecule has 15 heavy (non-hydrogen) atoms. The molecule has 1 saturated heterocycles. The summed E-state index contributed by atoms with van der Waals surface area (Å²) in [6, 6.07) is 0. The number of alkyl halides is 2. The van der Waals surface area contributed by atoms with Gasteiger partial charge in [0.1, 0.15) is 0 Å². The van der Waals surface area contributed by atoms with Gasteiger partial charge in [0.15, 0.2) is 0 Å². The summed E-state index contributed by atoms with van der Waals surface area (Å²) in [5, 5.41) is 0. The molecular weight excluding hydrogens is 231 g/mol. The molecule has 0 spiro atoms. The van der Waals surface area contributed by atoms with Crippen molar-refractivity contribution in [3.8, 4) is 0 Å². The maximum atomic E-state index is 6.11. The Labute approximate surface area is 103 Å². The highest BCUT2D eigenvalue weighted by Crippen LogP contribution is 2.37. The Morgan fingerprint density at radius 3 is 2.27 bits per heavy atom. The summed E-state index contributed by atoms with van der Waals surface area (Å²) in [5.41, 5.74) is 0.167. The summed E-state index contributed by atoms with van der Waals surface area (Å²) in [6.45, 7) is 4.03. The van der Waals surface area contributed by atoms with Gasteiger partial charge in [-0.15, -0.1) is 23.2 Å². The van der Waals surface area contributed by atoms with Crippen molar-refractivity contribution in [3.63, 3.8) is 0 Å². The zero-order valence-electron chi connectivity index (χ0n) is 9.61. The summed E-state index contributed by atoms with van der Waals surface area (Å²) >= 11 is 12.2. The normalized spacial score (nSPS) is 19.4. The van der Waals surface area contributed by atoms with Crippen molar-refractivity contribution in [3.05, 3.63) is 0 Å². The van der Waals surface area contributed by atoms with Gasteiger partial charge in [0.05, 0.1) is 0 Å². The Balaban J connectivity index is 2.47. The largest absolute Gasteiger partial charge is 0.381 e. The number of hydrogen-bond acceptors (Lipinski definition) is 1. The van der Waals surface area contributed by atoms with Crippen LogP contribution in [0.1, 0.15) is 39.0 Å². The molecule has 0 aliphatic carbocycles. The highest BCUT2D eigenvalue weighted by Gasteiger charge is 2.31. The third kappa shape index (κ3) is 4.13. The zero-order chi connectivity index (χ0) is 11.1. The van der Waals surface area contributed by atoms with Crippen LogP contribution in [0.25, 0.3) is 0 Å². The third-order valence-electron chi connectivity index (χ3n) is 3.41. The Morgan fingerprint density at radius 2 is 1.80 bits per heavy atom. The van der Waals surface area contributed by atoms with Gasteiger partial charge in [0.25, 0.3) is 0 Å². The van der Waals surface area contributed by atoms with Crippen LogP contribution in [0.4, 0.5) is 0 Å². The standard InChI is InChI=1S/C12H22Cl2O/c1-2-5-12(9-13,10-14)8-11-3-6-15-7-4-11/h11H,2-10H2,1H3. The van der Waals surface area contributed by atoms with E-state index >= 15 is 0 Å². The zero-order valence-corrected chi connectivity index (χ0v) is 11.1. The monoisotopic (exact) mass is 252 g/mol. The first kappa shape index (κ1) is 13.6. The number of rotatable bonds is 6. The van der Waals surface area contributed by atoms with Crippen LogP contribution in [-0.2, 0) is 4.74 Å². The number of halogens is 2. The quantitative estimate of drug-likeness (QED) is 0.648. The Morgan fingerprint density at radius 1 is 1.20 bits per heavy atom. The van der Waals surface area contributed by atoms with Crippen LogP contribution in [0, 0.1) is 11.3 Å². The Kier molecular flexibility index (Phi) is 6.33. The van der Waals surface area contributed by atoms with Gasteiger partial charge in [0.2, 0.25) is 0 Å². The lowest BCUT2D eigenvalue weighted by Crippen LogP contribution is -2.30. The number of ether oxygens (including phenoxy) is 1. The molecule has 0 aromatic heterocycles. The van der Waals surface area contributed by atoms with E-state index in [0.717, 1.165) is 25.6 Å². The first-order chi connectivity index (χ1) is 7.26. The second-order valence-electron chi connectivity index (χ2n) is 4.78. The highest BCUT2D eigenvalue weighted by molar-refractivity contribution is 6.21. The molecule has 3 heteroatoms. The predicted octanol–water partition coefficient (Wildman–Crippen LogP) is 4.07. The van der Waals surface area contributed by atoms with Crippen LogP contribution in [0.5, 0.6) is 0 Å². The summed E-state index contributed by atoms with van der Waals surface area (Å²) in [7, 11) is 0. The fraction of sp³-hybridized carbons (Fsp3) is 1.00. The van der Waals surface area contributed by atoms with Crippen molar-refractivity contribution in [1.82, 2.24) is 0 Å². The molecule has 0 saturated carbocycles. The van der Waals surface area contributed by atoms with E-state index < -0.39 is 0 Å². The Bertz CT molecular complexity index is 163. The molecule has 1 nitrogen and oxygen atoms in total. The SMILES string of the molecule is CCCC(CCl)(CCl)CC1CCOCC1. The van der Waals surface area contributed by atoms with E-state index in [1.807, 2.05) is 0 Å². The Hall–Kier alpha value is 0.540. The van der Waals surface area contributed by atoms with Crippen LogP contribution in [0.2, 0.25) is 0 Å². The molecule has 1 heterocycles.